The Labute approximate surface area is 92.1 Å². The number of benzene rings is 1. The molecule has 0 aromatic heterocycles. The summed E-state index contributed by atoms with van der Waals surface area (Å²) in [4.78, 5) is 0. The molecule has 0 spiro atoms. The zero-order valence-corrected chi connectivity index (χ0v) is 10.4. The molecule has 0 saturated heterocycles. The lowest BCUT2D eigenvalue weighted by Gasteiger charge is -2.19. The number of rotatable bonds is 3. The van der Waals surface area contributed by atoms with E-state index in [1.807, 2.05) is 11.8 Å². The highest BCUT2D eigenvalue weighted by molar-refractivity contribution is 7.98. The average molecular weight is 208 g/mol. The van der Waals surface area contributed by atoms with Gasteiger partial charge in [-0.1, -0.05) is 52.0 Å². The van der Waals surface area contributed by atoms with E-state index in [4.69, 9.17) is 0 Å². The Morgan fingerprint density at radius 3 is 2.07 bits per heavy atom. The van der Waals surface area contributed by atoms with Crippen LogP contribution in [0.25, 0.3) is 0 Å². The summed E-state index contributed by atoms with van der Waals surface area (Å²) >= 11 is 1.97. The maximum absolute atomic E-state index is 2.26. The second-order valence-electron chi connectivity index (χ2n) is 4.58. The molecule has 0 aliphatic carbocycles. The van der Waals surface area contributed by atoms with Gasteiger partial charge in [0, 0.05) is 5.75 Å². The van der Waals surface area contributed by atoms with Crippen LogP contribution >= 0.6 is 11.8 Å². The van der Waals surface area contributed by atoms with Crippen LogP contribution in [0.15, 0.2) is 24.3 Å². The van der Waals surface area contributed by atoms with Crippen molar-refractivity contribution in [2.75, 3.05) is 5.75 Å². The maximum atomic E-state index is 2.26. The van der Waals surface area contributed by atoms with Gasteiger partial charge in [-0.25, -0.2) is 0 Å². The maximum Gasteiger partial charge on any atom is 0.0184 e. The third-order valence-electron chi connectivity index (χ3n) is 2.29. The summed E-state index contributed by atoms with van der Waals surface area (Å²) in [5, 5.41) is 0. The predicted molar refractivity (Wildman–Crippen MR) is 67.0 cm³/mol. The summed E-state index contributed by atoms with van der Waals surface area (Å²) < 4.78 is 0. The zero-order valence-electron chi connectivity index (χ0n) is 9.63. The SMILES string of the molecule is CCSCc1ccc(C(C)(C)C)cc1. The van der Waals surface area contributed by atoms with Crippen LogP contribution in [0.1, 0.15) is 38.8 Å². The summed E-state index contributed by atoms with van der Waals surface area (Å²) in [6.45, 7) is 8.96. The van der Waals surface area contributed by atoms with Crippen molar-refractivity contribution in [2.45, 2.75) is 38.9 Å². The van der Waals surface area contributed by atoms with Crippen molar-refractivity contribution in [2.24, 2.45) is 0 Å². The first kappa shape index (κ1) is 11.6. The van der Waals surface area contributed by atoms with Gasteiger partial charge in [0.15, 0.2) is 0 Å². The van der Waals surface area contributed by atoms with Crippen LogP contribution in [0.2, 0.25) is 0 Å². The van der Waals surface area contributed by atoms with E-state index in [9.17, 15) is 0 Å². The summed E-state index contributed by atoms with van der Waals surface area (Å²) in [5.41, 5.74) is 3.13. The molecule has 0 N–H and O–H groups in total. The summed E-state index contributed by atoms with van der Waals surface area (Å²) in [5.74, 6) is 2.34. The van der Waals surface area contributed by atoms with Crippen molar-refractivity contribution < 1.29 is 0 Å². The summed E-state index contributed by atoms with van der Waals surface area (Å²) in [6.07, 6.45) is 0. The lowest BCUT2D eigenvalue weighted by atomic mass is 9.87. The Bertz CT molecular complexity index is 266. The molecule has 1 heteroatoms. The van der Waals surface area contributed by atoms with Crippen LogP contribution in [-0.2, 0) is 11.2 Å². The van der Waals surface area contributed by atoms with Gasteiger partial charge in [0.25, 0.3) is 0 Å². The van der Waals surface area contributed by atoms with Crippen molar-refractivity contribution in [1.29, 1.82) is 0 Å². The van der Waals surface area contributed by atoms with Gasteiger partial charge in [-0.2, -0.15) is 11.8 Å². The third-order valence-corrected chi connectivity index (χ3v) is 3.24. The quantitative estimate of drug-likeness (QED) is 0.716. The third kappa shape index (κ3) is 3.38. The molecule has 1 rings (SSSR count). The van der Waals surface area contributed by atoms with E-state index < -0.39 is 0 Å². The minimum absolute atomic E-state index is 0.274. The monoisotopic (exact) mass is 208 g/mol. The molecule has 0 radical (unpaired) electrons. The molecular formula is C13H20S. The zero-order chi connectivity index (χ0) is 10.6. The van der Waals surface area contributed by atoms with Crippen LogP contribution in [0.4, 0.5) is 0 Å². The Kier molecular flexibility index (Phi) is 4.06. The van der Waals surface area contributed by atoms with Gasteiger partial charge in [-0.05, 0) is 22.3 Å². The van der Waals surface area contributed by atoms with Crippen LogP contribution in [0.5, 0.6) is 0 Å². The Hall–Kier alpha value is -0.430. The minimum atomic E-state index is 0.274. The van der Waals surface area contributed by atoms with E-state index in [-0.39, 0.29) is 5.41 Å². The average Bonchev–Trinajstić information content (AvgIpc) is 2.14. The van der Waals surface area contributed by atoms with Gasteiger partial charge < -0.3 is 0 Å². The van der Waals surface area contributed by atoms with Crippen molar-refractivity contribution >= 4 is 11.8 Å². The first-order valence-electron chi connectivity index (χ1n) is 5.21. The fraction of sp³-hybridized carbons (Fsp3) is 0.538. The van der Waals surface area contributed by atoms with Gasteiger partial charge in [-0.3, -0.25) is 0 Å². The Morgan fingerprint density at radius 2 is 1.64 bits per heavy atom. The normalized spacial score (nSPS) is 11.7. The minimum Gasteiger partial charge on any atom is -0.157 e. The largest absolute Gasteiger partial charge is 0.157 e. The van der Waals surface area contributed by atoms with Crippen molar-refractivity contribution in [1.82, 2.24) is 0 Å². The first-order chi connectivity index (χ1) is 6.54. The molecule has 0 amide bonds. The molecule has 0 atom stereocenters. The lowest BCUT2D eigenvalue weighted by molar-refractivity contribution is 0.590. The molecule has 0 saturated carbocycles. The Balaban J connectivity index is 2.69. The second-order valence-corrected chi connectivity index (χ2v) is 5.86. The van der Waals surface area contributed by atoms with E-state index in [1.54, 1.807) is 0 Å². The van der Waals surface area contributed by atoms with Crippen LogP contribution in [0, 0.1) is 0 Å². The lowest BCUT2D eigenvalue weighted by Crippen LogP contribution is -2.10. The van der Waals surface area contributed by atoms with E-state index in [2.05, 4.69) is 52.0 Å². The molecule has 0 nitrogen and oxygen atoms in total. The molecule has 0 fully saturated rings. The Morgan fingerprint density at radius 1 is 1.07 bits per heavy atom. The number of thioether (sulfide) groups is 1. The highest BCUT2D eigenvalue weighted by Gasteiger charge is 2.12. The molecule has 0 heterocycles. The molecule has 0 unspecified atom stereocenters. The molecule has 78 valence electrons. The summed E-state index contributed by atoms with van der Waals surface area (Å²) in [6, 6.07) is 9.02. The summed E-state index contributed by atoms with van der Waals surface area (Å²) in [7, 11) is 0. The van der Waals surface area contributed by atoms with E-state index >= 15 is 0 Å². The second kappa shape index (κ2) is 4.88. The fourth-order valence-corrected chi connectivity index (χ4v) is 1.95. The van der Waals surface area contributed by atoms with E-state index in [0.717, 1.165) is 5.75 Å². The molecule has 1 aromatic rings. The van der Waals surface area contributed by atoms with Gasteiger partial charge in [-0.15, -0.1) is 0 Å². The topological polar surface area (TPSA) is 0 Å². The highest BCUT2D eigenvalue weighted by Crippen LogP contribution is 2.23. The molecular weight excluding hydrogens is 188 g/mol. The van der Waals surface area contributed by atoms with E-state index in [0.29, 0.717) is 0 Å². The van der Waals surface area contributed by atoms with Gasteiger partial charge in [0.1, 0.15) is 0 Å². The van der Waals surface area contributed by atoms with Gasteiger partial charge in [0.05, 0.1) is 0 Å². The number of hydrogen-bond donors (Lipinski definition) is 0. The smallest absolute Gasteiger partial charge is 0.0184 e. The van der Waals surface area contributed by atoms with E-state index in [1.165, 1.54) is 16.9 Å². The van der Waals surface area contributed by atoms with Crippen LogP contribution in [-0.4, -0.2) is 5.75 Å². The number of hydrogen-bond acceptors (Lipinski definition) is 1. The van der Waals surface area contributed by atoms with Gasteiger partial charge >= 0.3 is 0 Å². The highest BCUT2D eigenvalue weighted by atomic mass is 32.2. The molecule has 0 bridgehead atoms. The first-order valence-corrected chi connectivity index (χ1v) is 6.36. The molecule has 0 aliphatic heterocycles. The molecule has 0 aliphatic rings. The van der Waals surface area contributed by atoms with Crippen molar-refractivity contribution in [3.8, 4) is 0 Å². The van der Waals surface area contributed by atoms with Crippen molar-refractivity contribution in [3.05, 3.63) is 35.4 Å². The van der Waals surface area contributed by atoms with Crippen LogP contribution < -0.4 is 0 Å². The predicted octanol–water partition coefficient (Wildman–Crippen LogP) is 4.24. The van der Waals surface area contributed by atoms with Crippen LogP contribution in [0.3, 0.4) is 0 Å². The molecule has 1 aromatic carbocycles. The molecule has 14 heavy (non-hydrogen) atoms. The van der Waals surface area contributed by atoms with Crippen molar-refractivity contribution in [3.63, 3.8) is 0 Å². The van der Waals surface area contributed by atoms with Gasteiger partial charge in [0.2, 0.25) is 0 Å². The standard InChI is InChI=1S/C13H20S/c1-5-14-10-11-6-8-12(9-7-11)13(2,3)4/h6-9H,5,10H2,1-4H3. The fourth-order valence-electron chi connectivity index (χ4n) is 1.32.